The van der Waals surface area contributed by atoms with E-state index in [-0.39, 0.29) is 0 Å². The van der Waals surface area contributed by atoms with E-state index in [9.17, 15) is 5.11 Å². The summed E-state index contributed by atoms with van der Waals surface area (Å²) >= 11 is 6.05. The van der Waals surface area contributed by atoms with E-state index in [2.05, 4.69) is 0 Å². The van der Waals surface area contributed by atoms with Crippen molar-refractivity contribution in [3.63, 3.8) is 0 Å². The lowest BCUT2D eigenvalue weighted by Crippen LogP contribution is -2.09. The number of hydrogen-bond acceptors (Lipinski definition) is 1. The zero-order chi connectivity index (χ0) is 11.4. The third-order valence-corrected chi connectivity index (χ3v) is 3.19. The van der Waals surface area contributed by atoms with E-state index in [1.165, 1.54) is 24.8 Å². The third-order valence-electron chi connectivity index (χ3n) is 2.86. The highest BCUT2D eigenvalue weighted by molar-refractivity contribution is 6.31. The summed E-state index contributed by atoms with van der Waals surface area (Å²) in [5.41, 5.74) is 2.13. The summed E-state index contributed by atoms with van der Waals surface area (Å²) in [5, 5.41) is 10.1. The van der Waals surface area contributed by atoms with Crippen molar-refractivity contribution in [2.24, 2.45) is 0 Å². The molecule has 0 radical (unpaired) electrons. The fourth-order valence-corrected chi connectivity index (χ4v) is 2.04. The van der Waals surface area contributed by atoms with Crippen molar-refractivity contribution in [1.82, 2.24) is 0 Å². The van der Waals surface area contributed by atoms with Gasteiger partial charge in [-0.2, -0.15) is 0 Å². The number of hydrogen-bond donors (Lipinski definition) is 1. The first kappa shape index (κ1) is 12.4. The molecule has 1 nitrogen and oxygen atoms in total. The molecule has 1 aliphatic carbocycles. The topological polar surface area (TPSA) is 20.2 Å². The summed E-state index contributed by atoms with van der Waals surface area (Å²) in [6.45, 7) is 5.91. The van der Waals surface area contributed by atoms with Gasteiger partial charge in [0.15, 0.2) is 0 Å². The van der Waals surface area contributed by atoms with Gasteiger partial charge in [0.05, 0.1) is 0 Å². The largest absolute Gasteiger partial charge is 0.508 e. The first-order valence-electron chi connectivity index (χ1n) is 5.67. The quantitative estimate of drug-likeness (QED) is 0.739. The predicted molar refractivity (Wildman–Crippen MR) is 65.8 cm³/mol. The van der Waals surface area contributed by atoms with Crippen LogP contribution in [0.25, 0.3) is 0 Å². The number of rotatable bonds is 1. The molecule has 1 N–H and O–H groups in total. The van der Waals surface area contributed by atoms with Gasteiger partial charge in [0.25, 0.3) is 0 Å². The molecule has 0 unspecified atom stereocenters. The minimum Gasteiger partial charge on any atom is -0.508 e. The van der Waals surface area contributed by atoms with Crippen molar-refractivity contribution >= 4 is 11.6 Å². The lowest BCUT2D eigenvalue weighted by molar-refractivity contribution is 0.418. The maximum atomic E-state index is 9.41. The monoisotopic (exact) mass is 226 g/mol. The highest BCUT2D eigenvalue weighted by atomic mass is 35.5. The molecule has 0 spiro atoms. The van der Waals surface area contributed by atoms with Gasteiger partial charge in [-0.05, 0) is 42.9 Å². The summed E-state index contributed by atoms with van der Waals surface area (Å²) in [5.74, 6) is 0.930. The molecule has 84 valence electrons. The second kappa shape index (κ2) is 5.41. The maximum Gasteiger partial charge on any atom is 0.119 e. The Labute approximate surface area is 97.1 Å². The van der Waals surface area contributed by atoms with Gasteiger partial charge in [0.1, 0.15) is 5.75 Å². The van der Waals surface area contributed by atoms with Crippen molar-refractivity contribution in [2.45, 2.75) is 46.0 Å². The Morgan fingerprint density at radius 1 is 1.27 bits per heavy atom. The van der Waals surface area contributed by atoms with Crippen molar-refractivity contribution < 1.29 is 5.11 Å². The summed E-state index contributed by atoms with van der Waals surface area (Å²) in [6, 6.07) is 3.67. The van der Waals surface area contributed by atoms with Gasteiger partial charge in [0, 0.05) is 5.02 Å². The number of halogens is 1. The van der Waals surface area contributed by atoms with E-state index >= 15 is 0 Å². The van der Waals surface area contributed by atoms with Gasteiger partial charge in [-0.3, -0.25) is 0 Å². The Kier molecular flexibility index (Phi) is 4.46. The molecule has 1 fully saturated rings. The number of aromatic hydroxyl groups is 1. The predicted octanol–water partition coefficient (Wildman–Crippen LogP) is 4.65. The molecule has 0 bridgehead atoms. The third kappa shape index (κ3) is 2.66. The smallest absolute Gasteiger partial charge is 0.119 e. The first-order valence-corrected chi connectivity index (χ1v) is 6.05. The van der Waals surface area contributed by atoms with Crippen LogP contribution in [-0.4, -0.2) is 5.11 Å². The van der Waals surface area contributed by atoms with E-state index < -0.39 is 0 Å². The van der Waals surface area contributed by atoms with Crippen LogP contribution in [0.3, 0.4) is 0 Å². The zero-order valence-corrected chi connectivity index (χ0v) is 10.4. The van der Waals surface area contributed by atoms with Gasteiger partial charge in [-0.1, -0.05) is 37.9 Å². The molecule has 2 rings (SSSR count). The van der Waals surface area contributed by atoms with Crippen molar-refractivity contribution in [2.75, 3.05) is 0 Å². The Hall–Kier alpha value is -0.690. The Morgan fingerprint density at radius 2 is 1.87 bits per heavy atom. The van der Waals surface area contributed by atoms with E-state index in [0.29, 0.717) is 16.7 Å². The van der Waals surface area contributed by atoms with Crippen LogP contribution in [0, 0.1) is 6.92 Å². The summed E-state index contributed by atoms with van der Waals surface area (Å²) in [7, 11) is 0. The number of phenolic OH excluding ortho intramolecular Hbond substituents is 1. The SMILES string of the molecule is CC.Cc1cc(C2CCC2)c(Cl)cc1O. The lowest BCUT2D eigenvalue weighted by atomic mass is 9.79. The van der Waals surface area contributed by atoms with Crippen LogP contribution in [0.5, 0.6) is 5.75 Å². The second-order valence-electron chi connectivity index (χ2n) is 3.79. The second-order valence-corrected chi connectivity index (χ2v) is 4.20. The molecule has 1 aromatic rings. The van der Waals surface area contributed by atoms with Crippen LogP contribution in [0.2, 0.25) is 5.02 Å². The van der Waals surface area contributed by atoms with E-state index in [1.807, 2.05) is 26.8 Å². The standard InChI is InChI=1S/C11H13ClO.C2H6/c1-7-5-9(8-3-2-4-8)10(12)6-11(7)13;1-2/h5-6,8,13H,2-4H2,1H3;1-2H3. The van der Waals surface area contributed by atoms with Crippen LogP contribution >= 0.6 is 11.6 Å². The molecular weight excluding hydrogens is 208 g/mol. The molecule has 0 heterocycles. The minimum absolute atomic E-state index is 0.299. The molecule has 0 atom stereocenters. The fraction of sp³-hybridized carbons (Fsp3) is 0.538. The highest BCUT2D eigenvalue weighted by Crippen LogP contribution is 2.41. The van der Waals surface area contributed by atoms with Gasteiger partial charge >= 0.3 is 0 Å². The summed E-state index contributed by atoms with van der Waals surface area (Å²) in [6.07, 6.45) is 3.79. The van der Waals surface area contributed by atoms with Crippen LogP contribution in [0.1, 0.15) is 50.2 Å². The van der Waals surface area contributed by atoms with Gasteiger partial charge in [0.2, 0.25) is 0 Å². The average molecular weight is 227 g/mol. The van der Waals surface area contributed by atoms with Crippen molar-refractivity contribution in [3.8, 4) is 5.75 Å². The van der Waals surface area contributed by atoms with Crippen molar-refractivity contribution in [1.29, 1.82) is 0 Å². The normalized spacial score (nSPS) is 15.2. The number of phenols is 1. The first-order chi connectivity index (χ1) is 7.18. The van der Waals surface area contributed by atoms with Gasteiger partial charge in [-0.15, -0.1) is 0 Å². The molecular formula is C13H19ClO. The van der Waals surface area contributed by atoms with E-state index in [1.54, 1.807) is 6.07 Å². The van der Waals surface area contributed by atoms with E-state index in [4.69, 9.17) is 11.6 Å². The van der Waals surface area contributed by atoms with Crippen LogP contribution < -0.4 is 0 Å². The van der Waals surface area contributed by atoms with Gasteiger partial charge in [-0.25, -0.2) is 0 Å². The van der Waals surface area contributed by atoms with E-state index in [0.717, 1.165) is 5.56 Å². The van der Waals surface area contributed by atoms with Crippen LogP contribution in [-0.2, 0) is 0 Å². The zero-order valence-electron chi connectivity index (χ0n) is 9.68. The molecule has 1 aliphatic rings. The van der Waals surface area contributed by atoms with Gasteiger partial charge < -0.3 is 5.11 Å². The molecule has 2 heteroatoms. The maximum absolute atomic E-state index is 9.41. The number of aryl methyl sites for hydroxylation is 1. The highest BCUT2D eigenvalue weighted by Gasteiger charge is 2.22. The molecule has 0 amide bonds. The summed E-state index contributed by atoms with van der Waals surface area (Å²) in [4.78, 5) is 0. The van der Waals surface area contributed by atoms with Crippen LogP contribution in [0.4, 0.5) is 0 Å². The molecule has 15 heavy (non-hydrogen) atoms. The Morgan fingerprint density at radius 3 is 2.33 bits per heavy atom. The van der Waals surface area contributed by atoms with Crippen LogP contribution in [0.15, 0.2) is 12.1 Å². The summed E-state index contributed by atoms with van der Waals surface area (Å²) < 4.78 is 0. The molecule has 0 aliphatic heterocycles. The Bertz CT molecular complexity index is 330. The number of benzene rings is 1. The molecule has 0 aromatic heterocycles. The molecule has 1 aromatic carbocycles. The Balaban J connectivity index is 0.000000531. The molecule has 0 saturated heterocycles. The lowest BCUT2D eigenvalue weighted by Gasteiger charge is -2.27. The van der Waals surface area contributed by atoms with Crippen molar-refractivity contribution in [3.05, 3.63) is 28.3 Å². The minimum atomic E-state index is 0.299. The average Bonchev–Trinajstić information content (AvgIpc) is 2.15. The molecule has 1 saturated carbocycles. The fourth-order valence-electron chi connectivity index (χ4n) is 1.73.